The zero-order valence-corrected chi connectivity index (χ0v) is 12.7. The Kier molecular flexibility index (Phi) is 3.78. The summed E-state index contributed by atoms with van der Waals surface area (Å²) in [6.45, 7) is 0.786. The molecule has 0 aromatic heterocycles. The first-order valence-corrected chi connectivity index (χ1v) is 7.32. The molecule has 20 heavy (non-hydrogen) atoms. The molecule has 0 saturated heterocycles. The summed E-state index contributed by atoms with van der Waals surface area (Å²) in [4.78, 5) is 0. The number of nitrogens with one attached hydrogen (secondary N) is 1. The van der Waals surface area contributed by atoms with E-state index in [1.165, 1.54) is 5.56 Å². The van der Waals surface area contributed by atoms with E-state index in [0.29, 0.717) is 5.75 Å². The predicted molar refractivity (Wildman–Crippen MR) is 81.7 cm³/mol. The van der Waals surface area contributed by atoms with Gasteiger partial charge in [0.05, 0.1) is 13.2 Å². The second kappa shape index (κ2) is 5.56. The highest BCUT2D eigenvalue weighted by Crippen LogP contribution is 2.39. The zero-order chi connectivity index (χ0) is 14.1. The SMILES string of the molecule is COc1ccc(Br)cc1C(O)C1NCc2ccccc21. The smallest absolute Gasteiger partial charge is 0.124 e. The molecule has 0 amide bonds. The van der Waals surface area contributed by atoms with E-state index in [1.807, 2.05) is 30.3 Å². The molecule has 2 aromatic carbocycles. The first-order valence-electron chi connectivity index (χ1n) is 6.53. The second-order valence-electron chi connectivity index (χ2n) is 4.89. The largest absolute Gasteiger partial charge is 0.496 e. The Labute approximate surface area is 126 Å². The Hall–Kier alpha value is -1.36. The fourth-order valence-electron chi connectivity index (χ4n) is 2.73. The van der Waals surface area contributed by atoms with Gasteiger partial charge in [-0.1, -0.05) is 40.2 Å². The normalized spacial score (nSPS) is 18.6. The standard InChI is InChI=1S/C16H16BrNO2/c1-20-14-7-6-11(17)8-13(14)16(19)15-12-5-3-2-4-10(12)9-18-15/h2-8,15-16,18-19H,9H2,1H3. The highest BCUT2D eigenvalue weighted by Gasteiger charge is 2.30. The molecule has 1 heterocycles. The lowest BCUT2D eigenvalue weighted by atomic mass is 9.95. The molecular formula is C16H16BrNO2. The van der Waals surface area contributed by atoms with Crippen molar-refractivity contribution in [2.24, 2.45) is 0 Å². The third-order valence-corrected chi connectivity index (χ3v) is 4.22. The van der Waals surface area contributed by atoms with E-state index in [-0.39, 0.29) is 6.04 Å². The number of fused-ring (bicyclic) bond motifs is 1. The predicted octanol–water partition coefficient (Wildman–Crippen LogP) is 3.34. The van der Waals surface area contributed by atoms with Gasteiger partial charge >= 0.3 is 0 Å². The number of rotatable bonds is 3. The molecule has 0 fully saturated rings. The van der Waals surface area contributed by atoms with E-state index in [1.54, 1.807) is 7.11 Å². The summed E-state index contributed by atoms with van der Waals surface area (Å²) < 4.78 is 6.29. The van der Waals surface area contributed by atoms with Crippen LogP contribution >= 0.6 is 15.9 Å². The zero-order valence-electron chi connectivity index (χ0n) is 11.1. The Morgan fingerprint density at radius 2 is 2.10 bits per heavy atom. The summed E-state index contributed by atoms with van der Waals surface area (Å²) in [7, 11) is 1.62. The van der Waals surface area contributed by atoms with Crippen molar-refractivity contribution < 1.29 is 9.84 Å². The highest BCUT2D eigenvalue weighted by atomic mass is 79.9. The van der Waals surface area contributed by atoms with Crippen LogP contribution < -0.4 is 10.1 Å². The van der Waals surface area contributed by atoms with E-state index in [0.717, 1.165) is 22.1 Å². The number of aliphatic hydroxyl groups excluding tert-OH is 1. The molecule has 3 nitrogen and oxygen atoms in total. The van der Waals surface area contributed by atoms with Gasteiger partial charge in [-0.2, -0.15) is 0 Å². The van der Waals surface area contributed by atoms with Gasteiger partial charge in [-0.25, -0.2) is 0 Å². The monoisotopic (exact) mass is 333 g/mol. The summed E-state index contributed by atoms with van der Waals surface area (Å²) >= 11 is 3.45. The van der Waals surface area contributed by atoms with Crippen LogP contribution in [-0.4, -0.2) is 12.2 Å². The van der Waals surface area contributed by atoms with Crippen LogP contribution in [0.2, 0.25) is 0 Å². The second-order valence-corrected chi connectivity index (χ2v) is 5.80. The quantitative estimate of drug-likeness (QED) is 0.905. The van der Waals surface area contributed by atoms with Gasteiger partial charge in [-0.3, -0.25) is 0 Å². The lowest BCUT2D eigenvalue weighted by Gasteiger charge is -2.22. The molecule has 0 spiro atoms. The first-order chi connectivity index (χ1) is 9.70. The molecule has 2 N–H and O–H groups in total. The maximum Gasteiger partial charge on any atom is 0.124 e. The fourth-order valence-corrected chi connectivity index (χ4v) is 3.10. The van der Waals surface area contributed by atoms with Gasteiger partial charge in [-0.05, 0) is 29.3 Å². The molecule has 0 saturated carbocycles. The van der Waals surface area contributed by atoms with Crippen molar-refractivity contribution in [2.45, 2.75) is 18.7 Å². The number of ether oxygens (including phenoxy) is 1. The Balaban J connectivity index is 1.98. The van der Waals surface area contributed by atoms with E-state index < -0.39 is 6.10 Å². The maximum absolute atomic E-state index is 10.7. The van der Waals surface area contributed by atoms with Crippen molar-refractivity contribution in [2.75, 3.05) is 7.11 Å². The van der Waals surface area contributed by atoms with Gasteiger partial charge in [0.25, 0.3) is 0 Å². The van der Waals surface area contributed by atoms with Gasteiger partial charge in [0.15, 0.2) is 0 Å². The van der Waals surface area contributed by atoms with Crippen LogP contribution in [0.5, 0.6) is 5.75 Å². The Bertz CT molecular complexity index is 630. The first kappa shape index (κ1) is 13.6. The molecule has 0 bridgehead atoms. The van der Waals surface area contributed by atoms with Gasteiger partial charge < -0.3 is 15.2 Å². The van der Waals surface area contributed by atoms with Crippen LogP contribution in [0, 0.1) is 0 Å². The van der Waals surface area contributed by atoms with Crippen LogP contribution in [0.4, 0.5) is 0 Å². The summed E-state index contributed by atoms with van der Waals surface area (Å²) in [6.07, 6.45) is -0.647. The van der Waals surface area contributed by atoms with Crippen molar-refractivity contribution in [3.63, 3.8) is 0 Å². The number of benzene rings is 2. The van der Waals surface area contributed by atoms with Crippen molar-refractivity contribution in [3.05, 3.63) is 63.6 Å². The molecule has 0 radical (unpaired) electrons. The number of halogens is 1. The third-order valence-electron chi connectivity index (χ3n) is 3.73. The molecule has 104 valence electrons. The van der Waals surface area contributed by atoms with Crippen LogP contribution in [0.15, 0.2) is 46.9 Å². The minimum atomic E-state index is -0.647. The summed E-state index contributed by atoms with van der Waals surface area (Å²) in [5, 5.41) is 14.1. The van der Waals surface area contributed by atoms with Gasteiger partial charge in [0.2, 0.25) is 0 Å². The molecule has 4 heteroatoms. The van der Waals surface area contributed by atoms with E-state index in [9.17, 15) is 5.11 Å². The molecule has 3 rings (SSSR count). The highest BCUT2D eigenvalue weighted by molar-refractivity contribution is 9.10. The van der Waals surface area contributed by atoms with Crippen LogP contribution in [0.25, 0.3) is 0 Å². The molecule has 2 atom stereocenters. The number of hydrogen-bond donors (Lipinski definition) is 2. The van der Waals surface area contributed by atoms with Gasteiger partial charge in [-0.15, -0.1) is 0 Å². The topological polar surface area (TPSA) is 41.5 Å². The average Bonchev–Trinajstić information content (AvgIpc) is 2.90. The van der Waals surface area contributed by atoms with Crippen molar-refractivity contribution in [1.29, 1.82) is 0 Å². The molecule has 0 aliphatic carbocycles. The van der Waals surface area contributed by atoms with Crippen LogP contribution in [0.1, 0.15) is 28.8 Å². The van der Waals surface area contributed by atoms with Crippen molar-refractivity contribution in [3.8, 4) is 5.75 Å². The minimum absolute atomic E-state index is 0.102. The van der Waals surface area contributed by atoms with Crippen molar-refractivity contribution in [1.82, 2.24) is 5.32 Å². The van der Waals surface area contributed by atoms with E-state index in [4.69, 9.17) is 4.74 Å². The summed E-state index contributed by atoms with van der Waals surface area (Å²) in [5.74, 6) is 0.701. The van der Waals surface area contributed by atoms with Crippen LogP contribution in [0.3, 0.4) is 0 Å². The number of aliphatic hydroxyl groups is 1. The summed E-state index contributed by atoms with van der Waals surface area (Å²) in [5.41, 5.74) is 3.18. The van der Waals surface area contributed by atoms with E-state index >= 15 is 0 Å². The lowest BCUT2D eigenvalue weighted by Crippen LogP contribution is -2.20. The molecule has 1 aliphatic heterocycles. The maximum atomic E-state index is 10.7. The summed E-state index contributed by atoms with van der Waals surface area (Å²) in [6, 6.07) is 13.8. The van der Waals surface area contributed by atoms with Gasteiger partial charge in [0, 0.05) is 16.6 Å². The van der Waals surface area contributed by atoms with Crippen molar-refractivity contribution >= 4 is 15.9 Å². The molecular weight excluding hydrogens is 318 g/mol. The number of methoxy groups -OCH3 is 1. The van der Waals surface area contributed by atoms with Gasteiger partial charge in [0.1, 0.15) is 11.9 Å². The Morgan fingerprint density at radius 1 is 1.30 bits per heavy atom. The average molecular weight is 334 g/mol. The van der Waals surface area contributed by atoms with E-state index in [2.05, 4.69) is 33.4 Å². The number of hydrogen-bond acceptors (Lipinski definition) is 3. The van der Waals surface area contributed by atoms with Crippen LogP contribution in [-0.2, 0) is 6.54 Å². The molecule has 2 unspecified atom stereocenters. The molecule has 1 aliphatic rings. The lowest BCUT2D eigenvalue weighted by molar-refractivity contribution is 0.130. The molecule has 2 aromatic rings. The Morgan fingerprint density at radius 3 is 2.90 bits per heavy atom. The third kappa shape index (κ3) is 2.35. The fraction of sp³-hybridized carbons (Fsp3) is 0.250. The minimum Gasteiger partial charge on any atom is -0.496 e.